The van der Waals surface area contributed by atoms with E-state index in [9.17, 15) is 9.59 Å². The predicted octanol–water partition coefficient (Wildman–Crippen LogP) is 5.47. The SMILES string of the molecule is CC[Si](CC)(CC)O[C@H]1[C@@H]2[C@H](n3ccc(=O)[nH]c3=O)O[C@@]1(COC(c1ccccc1)(c1ccc(OC)cc1)c1ccc(OC)cc1)CON2C. The Morgan fingerprint density at radius 1 is 0.840 bits per heavy atom. The monoisotopic (exact) mass is 701 g/mol. The van der Waals surface area contributed by atoms with Crippen LogP contribution in [0.5, 0.6) is 11.5 Å². The molecular weight excluding hydrogens is 655 g/mol. The lowest BCUT2D eigenvalue weighted by molar-refractivity contribution is -0.259. The molecule has 12 heteroatoms. The third kappa shape index (κ3) is 6.36. The summed E-state index contributed by atoms with van der Waals surface area (Å²) in [6.07, 6.45) is 0.127. The van der Waals surface area contributed by atoms with E-state index in [1.54, 1.807) is 19.3 Å². The van der Waals surface area contributed by atoms with Gasteiger partial charge in [0.15, 0.2) is 14.5 Å². The summed E-state index contributed by atoms with van der Waals surface area (Å²) < 4.78 is 34.2. The van der Waals surface area contributed by atoms with E-state index in [1.165, 1.54) is 16.8 Å². The van der Waals surface area contributed by atoms with Gasteiger partial charge in [0.25, 0.3) is 5.56 Å². The number of aromatic amines is 1. The smallest absolute Gasteiger partial charge is 0.330 e. The number of hydroxylamine groups is 2. The van der Waals surface area contributed by atoms with Crippen LogP contribution in [0.2, 0.25) is 18.1 Å². The Balaban J connectivity index is 1.53. The molecule has 11 nitrogen and oxygen atoms in total. The van der Waals surface area contributed by atoms with Gasteiger partial charge >= 0.3 is 5.69 Å². The molecule has 0 aliphatic carbocycles. The number of likely N-dealkylation sites (N-methyl/N-ethyl adjacent to an activating group) is 1. The topological polar surface area (TPSA) is 113 Å². The third-order valence-corrected chi connectivity index (χ3v) is 15.2. The van der Waals surface area contributed by atoms with Gasteiger partial charge in [-0.1, -0.05) is 75.4 Å². The highest BCUT2D eigenvalue weighted by Gasteiger charge is 2.64. The van der Waals surface area contributed by atoms with Crippen molar-refractivity contribution in [3.8, 4) is 11.5 Å². The van der Waals surface area contributed by atoms with E-state index in [0.29, 0.717) is 0 Å². The lowest BCUT2D eigenvalue weighted by Gasteiger charge is -2.47. The number of hydrogen-bond acceptors (Lipinski definition) is 9. The maximum Gasteiger partial charge on any atom is 0.330 e. The first-order valence-electron chi connectivity index (χ1n) is 17.2. The molecular formula is C38H47N3O8Si. The highest BCUT2D eigenvalue weighted by molar-refractivity contribution is 6.73. The number of nitrogens with zero attached hydrogens (tertiary/aromatic N) is 2. The van der Waals surface area contributed by atoms with Gasteiger partial charge < -0.3 is 23.4 Å². The van der Waals surface area contributed by atoms with Crippen LogP contribution >= 0.6 is 0 Å². The molecule has 6 rings (SSSR count). The van der Waals surface area contributed by atoms with E-state index in [-0.39, 0.29) is 13.2 Å². The summed E-state index contributed by atoms with van der Waals surface area (Å²) in [6, 6.07) is 29.4. The quantitative estimate of drug-likeness (QED) is 0.135. The Hall–Kier alpha value is -4.04. The second kappa shape index (κ2) is 14.7. The Morgan fingerprint density at radius 2 is 1.40 bits per heavy atom. The first-order valence-corrected chi connectivity index (χ1v) is 19.7. The molecule has 2 fully saturated rings. The van der Waals surface area contributed by atoms with Crippen molar-refractivity contribution in [1.82, 2.24) is 14.6 Å². The lowest BCUT2D eigenvalue weighted by Crippen LogP contribution is -2.63. The molecule has 2 saturated heterocycles. The number of benzene rings is 3. The largest absolute Gasteiger partial charge is 0.497 e. The summed E-state index contributed by atoms with van der Waals surface area (Å²) in [4.78, 5) is 34.0. The minimum absolute atomic E-state index is 0.0468. The van der Waals surface area contributed by atoms with Crippen LogP contribution in [0.4, 0.5) is 0 Å². The van der Waals surface area contributed by atoms with E-state index in [0.717, 1.165) is 46.3 Å². The van der Waals surface area contributed by atoms with Crippen LogP contribution < -0.4 is 20.7 Å². The fraction of sp³-hybridized carbons (Fsp3) is 0.421. The fourth-order valence-corrected chi connectivity index (χ4v) is 10.3. The van der Waals surface area contributed by atoms with Crippen LogP contribution in [0, 0.1) is 0 Å². The number of methoxy groups -OCH3 is 2. The van der Waals surface area contributed by atoms with Gasteiger partial charge in [0.05, 0.1) is 20.8 Å². The molecule has 2 aliphatic rings. The molecule has 0 radical (unpaired) electrons. The predicted molar refractivity (Wildman–Crippen MR) is 192 cm³/mol. The van der Waals surface area contributed by atoms with Gasteiger partial charge in [-0.05, 0) is 59.1 Å². The molecule has 1 aromatic heterocycles. The maximum atomic E-state index is 13.2. The Bertz CT molecular complexity index is 1790. The number of fused-ring (bicyclic) bond motifs is 2. The molecule has 3 aromatic carbocycles. The second-order valence-corrected chi connectivity index (χ2v) is 17.7. The van der Waals surface area contributed by atoms with Crippen molar-refractivity contribution in [2.75, 3.05) is 34.5 Å². The number of aromatic nitrogens is 2. The standard InChI is InChI=1S/C38H47N3O8Si/c1-7-50(8-2,9-3)49-34-33-35(41-24-23-32(42)39-36(41)43)48-37(34,26-47-40(33)4)25-46-38(27-13-11-10-12-14-27,28-15-19-30(44-5)20-16-28)29-17-21-31(45-6)22-18-29/h10-24,33-35H,7-9,25-26H2,1-6H3,(H,39,42,43)/t33-,34+,35-,37+/m1/s1. The molecule has 4 atom stereocenters. The second-order valence-electron chi connectivity index (χ2n) is 13.0. The van der Waals surface area contributed by atoms with Crippen molar-refractivity contribution < 1.29 is 28.2 Å². The molecule has 0 unspecified atom stereocenters. The third-order valence-electron chi connectivity index (χ3n) is 10.6. The molecule has 4 aromatic rings. The van der Waals surface area contributed by atoms with Crippen molar-refractivity contribution in [3.05, 3.63) is 129 Å². The maximum absolute atomic E-state index is 13.2. The first-order chi connectivity index (χ1) is 24.2. The van der Waals surface area contributed by atoms with Crippen molar-refractivity contribution in [1.29, 1.82) is 0 Å². The van der Waals surface area contributed by atoms with Crippen molar-refractivity contribution in [2.45, 2.75) is 68.5 Å². The minimum atomic E-state index is -2.26. The lowest BCUT2D eigenvalue weighted by atomic mass is 9.79. The molecule has 0 saturated carbocycles. The number of hydrogen-bond donors (Lipinski definition) is 1. The van der Waals surface area contributed by atoms with Crippen LogP contribution in [0.1, 0.15) is 43.7 Å². The van der Waals surface area contributed by atoms with Crippen LogP contribution in [-0.2, 0) is 24.3 Å². The zero-order chi connectivity index (χ0) is 35.5. The van der Waals surface area contributed by atoms with E-state index in [2.05, 4.69) is 37.9 Å². The molecule has 266 valence electrons. The van der Waals surface area contributed by atoms with E-state index < -0.39 is 49.1 Å². The van der Waals surface area contributed by atoms with Crippen LogP contribution in [-0.4, -0.2) is 75.2 Å². The number of ether oxygens (including phenoxy) is 4. The highest BCUT2D eigenvalue weighted by Crippen LogP contribution is 2.49. The molecule has 1 N–H and O–H groups in total. The van der Waals surface area contributed by atoms with Gasteiger partial charge in [-0.25, -0.2) is 4.79 Å². The van der Waals surface area contributed by atoms with Crippen molar-refractivity contribution >= 4 is 8.32 Å². The van der Waals surface area contributed by atoms with Crippen LogP contribution in [0.15, 0.2) is 101 Å². The van der Waals surface area contributed by atoms with E-state index in [4.69, 9.17) is 28.2 Å². The number of nitrogens with one attached hydrogen (secondary N) is 1. The van der Waals surface area contributed by atoms with Crippen LogP contribution in [0.25, 0.3) is 0 Å². The summed E-state index contributed by atoms with van der Waals surface area (Å²) in [5.74, 6) is 1.44. The normalized spacial score (nSPS) is 22.4. The first kappa shape index (κ1) is 35.8. The molecule has 3 heterocycles. The van der Waals surface area contributed by atoms with Crippen molar-refractivity contribution in [2.24, 2.45) is 0 Å². The zero-order valence-corrected chi connectivity index (χ0v) is 30.6. The number of rotatable bonds is 14. The molecule has 2 bridgehead atoms. The van der Waals surface area contributed by atoms with Crippen molar-refractivity contribution in [3.63, 3.8) is 0 Å². The highest BCUT2D eigenvalue weighted by atomic mass is 28.4. The number of H-pyrrole nitrogens is 1. The summed E-state index contributed by atoms with van der Waals surface area (Å²) in [5, 5.41) is 1.73. The average molecular weight is 702 g/mol. The van der Waals surface area contributed by atoms with Gasteiger partial charge in [0.2, 0.25) is 0 Å². The summed E-state index contributed by atoms with van der Waals surface area (Å²) in [7, 11) is 2.86. The summed E-state index contributed by atoms with van der Waals surface area (Å²) >= 11 is 0. The van der Waals surface area contributed by atoms with E-state index >= 15 is 0 Å². The summed E-state index contributed by atoms with van der Waals surface area (Å²) in [6.45, 7) is 6.73. The molecule has 0 amide bonds. The van der Waals surface area contributed by atoms with Gasteiger partial charge in [0, 0.05) is 19.3 Å². The van der Waals surface area contributed by atoms with Gasteiger partial charge in [-0.3, -0.25) is 19.2 Å². The fourth-order valence-electron chi connectivity index (χ4n) is 7.38. The molecule has 2 aliphatic heterocycles. The van der Waals surface area contributed by atoms with Gasteiger partial charge in [-0.2, -0.15) is 5.06 Å². The van der Waals surface area contributed by atoms with Gasteiger partial charge in [-0.15, -0.1) is 0 Å². The Labute approximate surface area is 293 Å². The van der Waals surface area contributed by atoms with E-state index in [1.807, 2.05) is 73.8 Å². The Kier molecular flexibility index (Phi) is 10.5. The van der Waals surface area contributed by atoms with Crippen LogP contribution in [0.3, 0.4) is 0 Å². The summed E-state index contributed by atoms with van der Waals surface area (Å²) in [5.41, 5.74) is -0.654. The zero-order valence-electron chi connectivity index (χ0n) is 29.6. The molecule has 50 heavy (non-hydrogen) atoms. The minimum Gasteiger partial charge on any atom is -0.497 e. The molecule has 0 spiro atoms. The average Bonchev–Trinajstić information content (AvgIpc) is 3.38. The van der Waals surface area contributed by atoms with Gasteiger partial charge in [0.1, 0.15) is 41.5 Å². The Morgan fingerprint density at radius 3 is 1.92 bits per heavy atom.